The van der Waals surface area contributed by atoms with E-state index in [0.717, 1.165) is 6.04 Å². The van der Waals surface area contributed by atoms with E-state index in [1.54, 1.807) is 17.9 Å². The first kappa shape index (κ1) is 26.5. The van der Waals surface area contributed by atoms with Gasteiger partial charge >= 0.3 is 11.8 Å². The third-order valence-electron chi connectivity index (χ3n) is 5.82. The van der Waals surface area contributed by atoms with Gasteiger partial charge in [0, 0.05) is 33.9 Å². The lowest BCUT2D eigenvalue weighted by Crippen LogP contribution is -2.46. The number of carboxylic acid groups (broad SMARTS) is 1. The largest absolute Gasteiger partial charge is 0.465 e. The number of rotatable bonds is 11. The standard InChI is InChI=1S/C21H33N7O6Si/c1-33-16-8-14(7-15(9-16)26-21(29)30)25-17-10-18(22-11-19(17)28(31)32)20-23-12-24-27(20)13-34-5-6-35(2,3)4/h10-12,14-16,26H,5-9,13H2,1-4H3,(H,22,25)(H,29,30). The van der Waals surface area contributed by atoms with Crippen molar-refractivity contribution >= 4 is 25.5 Å². The predicted octanol–water partition coefficient (Wildman–Crippen LogP) is 3.18. The number of pyridine rings is 1. The van der Waals surface area contributed by atoms with Gasteiger partial charge in [0.2, 0.25) is 0 Å². The molecule has 3 rings (SSSR count). The molecule has 0 spiro atoms. The summed E-state index contributed by atoms with van der Waals surface area (Å²) < 4.78 is 12.8. The van der Waals surface area contributed by atoms with Crippen LogP contribution >= 0.6 is 0 Å². The first-order valence-electron chi connectivity index (χ1n) is 11.4. The third-order valence-corrected chi connectivity index (χ3v) is 7.52. The number of nitrogens with one attached hydrogen (secondary N) is 2. The van der Waals surface area contributed by atoms with Gasteiger partial charge in [0.05, 0.1) is 11.0 Å². The van der Waals surface area contributed by atoms with Crippen molar-refractivity contribution in [3.63, 3.8) is 0 Å². The SMILES string of the molecule is COC1CC(NC(=O)O)CC(Nc2cc(-c3ncnn3COCC[Si](C)(C)C)ncc2[N+](=O)[O-])C1. The summed E-state index contributed by atoms with van der Waals surface area (Å²) in [7, 11) is 0.340. The van der Waals surface area contributed by atoms with Crippen LogP contribution in [-0.4, -0.2) is 75.8 Å². The molecule has 2 aromatic rings. The number of amides is 1. The van der Waals surface area contributed by atoms with Crippen LogP contribution < -0.4 is 10.6 Å². The summed E-state index contributed by atoms with van der Waals surface area (Å²) in [4.78, 5) is 30.8. The highest BCUT2D eigenvalue weighted by atomic mass is 28.3. The molecule has 2 aromatic heterocycles. The van der Waals surface area contributed by atoms with Gasteiger partial charge < -0.3 is 25.2 Å². The van der Waals surface area contributed by atoms with Gasteiger partial charge in [-0.3, -0.25) is 10.1 Å². The molecule has 35 heavy (non-hydrogen) atoms. The van der Waals surface area contributed by atoms with E-state index in [1.807, 2.05) is 0 Å². The molecule has 0 radical (unpaired) electrons. The van der Waals surface area contributed by atoms with Crippen LogP contribution in [0.5, 0.6) is 0 Å². The van der Waals surface area contributed by atoms with E-state index in [2.05, 4.69) is 45.3 Å². The summed E-state index contributed by atoms with van der Waals surface area (Å²) in [5.41, 5.74) is 0.488. The molecule has 13 nitrogen and oxygen atoms in total. The first-order chi connectivity index (χ1) is 16.6. The van der Waals surface area contributed by atoms with Gasteiger partial charge in [-0.1, -0.05) is 19.6 Å². The fourth-order valence-electron chi connectivity index (χ4n) is 4.01. The van der Waals surface area contributed by atoms with Crippen molar-refractivity contribution in [2.24, 2.45) is 0 Å². The number of nitro groups is 1. The molecular weight excluding hydrogens is 474 g/mol. The van der Waals surface area contributed by atoms with Crippen LogP contribution in [0.2, 0.25) is 25.7 Å². The van der Waals surface area contributed by atoms with Crippen molar-refractivity contribution < 1.29 is 24.3 Å². The molecule has 3 atom stereocenters. The molecule has 1 aliphatic rings. The highest BCUT2D eigenvalue weighted by Gasteiger charge is 2.31. The van der Waals surface area contributed by atoms with Crippen LogP contribution in [0.1, 0.15) is 19.3 Å². The summed E-state index contributed by atoms with van der Waals surface area (Å²) in [6.45, 7) is 7.63. The lowest BCUT2D eigenvalue weighted by atomic mass is 9.88. The normalized spacial score (nSPS) is 20.4. The van der Waals surface area contributed by atoms with Crippen LogP contribution in [0.4, 0.5) is 16.2 Å². The van der Waals surface area contributed by atoms with Gasteiger partial charge in [0.25, 0.3) is 0 Å². The maximum atomic E-state index is 11.7. The topological polar surface area (TPSA) is 167 Å². The van der Waals surface area contributed by atoms with Gasteiger partial charge in [-0.15, -0.1) is 0 Å². The van der Waals surface area contributed by atoms with Gasteiger partial charge in [-0.2, -0.15) is 5.10 Å². The lowest BCUT2D eigenvalue weighted by Gasteiger charge is -2.34. The van der Waals surface area contributed by atoms with E-state index in [9.17, 15) is 14.9 Å². The highest BCUT2D eigenvalue weighted by Crippen LogP contribution is 2.31. The van der Waals surface area contributed by atoms with E-state index < -0.39 is 19.1 Å². The number of hydrogen-bond acceptors (Lipinski definition) is 9. The summed E-state index contributed by atoms with van der Waals surface area (Å²) in [6.07, 6.45) is 2.84. The zero-order chi connectivity index (χ0) is 25.6. The Hall–Kier alpha value is -3.10. The summed E-state index contributed by atoms with van der Waals surface area (Å²) in [5, 5.41) is 30.7. The van der Waals surface area contributed by atoms with Gasteiger partial charge in [0.15, 0.2) is 5.82 Å². The van der Waals surface area contributed by atoms with Crippen LogP contribution in [0.15, 0.2) is 18.6 Å². The minimum absolute atomic E-state index is 0.185. The number of aromatic nitrogens is 4. The number of anilines is 1. The Labute approximate surface area is 204 Å². The number of carbonyl (C=O) groups is 1. The van der Waals surface area contributed by atoms with Crippen molar-refractivity contribution in [2.75, 3.05) is 19.0 Å². The molecule has 0 bridgehead atoms. The first-order valence-corrected chi connectivity index (χ1v) is 15.2. The van der Waals surface area contributed by atoms with E-state index in [0.29, 0.717) is 37.4 Å². The molecule has 0 aromatic carbocycles. The highest BCUT2D eigenvalue weighted by molar-refractivity contribution is 6.76. The van der Waals surface area contributed by atoms with E-state index in [1.165, 1.54) is 12.5 Å². The number of methoxy groups -OCH3 is 1. The zero-order valence-corrected chi connectivity index (χ0v) is 21.4. The van der Waals surface area contributed by atoms with Gasteiger partial charge in [-0.05, 0) is 31.4 Å². The molecule has 1 aliphatic carbocycles. The smallest absolute Gasteiger partial charge is 0.404 e. The van der Waals surface area contributed by atoms with E-state index >= 15 is 0 Å². The molecule has 3 unspecified atom stereocenters. The Balaban J connectivity index is 1.79. The Morgan fingerprint density at radius 3 is 2.69 bits per heavy atom. The second-order valence-electron chi connectivity index (χ2n) is 9.83. The van der Waals surface area contributed by atoms with Crippen LogP contribution in [0, 0.1) is 10.1 Å². The second kappa shape index (κ2) is 11.6. The molecule has 3 N–H and O–H groups in total. The molecule has 2 heterocycles. The minimum atomic E-state index is -1.23. The Bertz CT molecular complexity index is 1030. The Morgan fingerprint density at radius 2 is 2.03 bits per heavy atom. The summed E-state index contributed by atoms with van der Waals surface area (Å²) >= 11 is 0. The zero-order valence-electron chi connectivity index (χ0n) is 20.4. The van der Waals surface area contributed by atoms with Crippen LogP contribution in [-0.2, 0) is 16.2 Å². The lowest BCUT2D eigenvalue weighted by molar-refractivity contribution is -0.384. The molecular formula is C21H33N7O6Si. The van der Waals surface area contributed by atoms with Crippen LogP contribution in [0.25, 0.3) is 11.5 Å². The van der Waals surface area contributed by atoms with Crippen molar-refractivity contribution in [3.8, 4) is 11.5 Å². The van der Waals surface area contributed by atoms with Gasteiger partial charge in [0.1, 0.15) is 30.6 Å². The molecule has 0 saturated heterocycles. The average Bonchev–Trinajstić information content (AvgIpc) is 3.23. The Morgan fingerprint density at radius 1 is 1.29 bits per heavy atom. The van der Waals surface area contributed by atoms with E-state index in [-0.39, 0.29) is 36.3 Å². The molecule has 0 aliphatic heterocycles. The van der Waals surface area contributed by atoms with E-state index in [4.69, 9.17) is 14.6 Å². The maximum absolute atomic E-state index is 11.7. The number of hydrogen-bond donors (Lipinski definition) is 3. The fraction of sp³-hybridized carbons (Fsp3) is 0.619. The van der Waals surface area contributed by atoms with Crippen molar-refractivity contribution in [3.05, 3.63) is 28.7 Å². The molecule has 1 saturated carbocycles. The molecule has 1 amide bonds. The summed E-state index contributed by atoms with van der Waals surface area (Å²) in [6, 6.07) is 2.00. The van der Waals surface area contributed by atoms with Crippen molar-refractivity contribution in [1.82, 2.24) is 25.1 Å². The second-order valence-corrected chi connectivity index (χ2v) is 15.4. The van der Waals surface area contributed by atoms with Crippen molar-refractivity contribution in [1.29, 1.82) is 0 Å². The summed E-state index contributed by atoms with van der Waals surface area (Å²) in [5.74, 6) is 0.430. The van der Waals surface area contributed by atoms with Gasteiger partial charge in [-0.25, -0.2) is 19.4 Å². The van der Waals surface area contributed by atoms with Crippen molar-refractivity contribution in [2.45, 2.75) is 69.9 Å². The number of nitrogens with zero attached hydrogens (tertiary/aromatic N) is 5. The third kappa shape index (κ3) is 7.70. The quantitative estimate of drug-likeness (QED) is 0.178. The molecule has 192 valence electrons. The maximum Gasteiger partial charge on any atom is 0.404 e. The Kier molecular flexibility index (Phi) is 8.75. The minimum Gasteiger partial charge on any atom is -0.465 e. The molecule has 14 heteroatoms. The van der Waals surface area contributed by atoms with Crippen LogP contribution in [0.3, 0.4) is 0 Å². The fourth-order valence-corrected chi connectivity index (χ4v) is 4.76. The average molecular weight is 508 g/mol. The predicted molar refractivity (Wildman–Crippen MR) is 131 cm³/mol. The molecule has 1 fully saturated rings. The monoisotopic (exact) mass is 507 g/mol. The number of ether oxygens (including phenoxy) is 2.